The Morgan fingerprint density at radius 3 is 1.95 bits per heavy atom. The zero-order valence-electron chi connectivity index (χ0n) is 23.3. The van der Waals surface area contributed by atoms with Gasteiger partial charge in [-0.2, -0.15) is 13.2 Å². The van der Waals surface area contributed by atoms with Crippen molar-refractivity contribution in [3.05, 3.63) is 47.3 Å². The molecule has 1 aromatic rings. The summed E-state index contributed by atoms with van der Waals surface area (Å²) in [6.45, 7) is 6.29. The van der Waals surface area contributed by atoms with Crippen molar-refractivity contribution in [2.45, 2.75) is 134 Å². The van der Waals surface area contributed by atoms with Crippen molar-refractivity contribution in [3.8, 4) is 0 Å². The first-order valence-electron chi connectivity index (χ1n) is 15.4. The third kappa shape index (κ3) is 7.64. The average molecular weight is 537 g/mol. The summed E-state index contributed by atoms with van der Waals surface area (Å²) < 4.78 is 64.2. The number of hydrogen-bond donors (Lipinski definition) is 0. The first-order chi connectivity index (χ1) is 18.3. The Balaban J connectivity index is 1.32. The molecule has 5 heteroatoms. The van der Waals surface area contributed by atoms with Gasteiger partial charge in [-0.25, -0.2) is 4.39 Å². The molecular weight excluding hydrogens is 488 g/mol. The Hall–Kier alpha value is -1.36. The molecule has 1 aromatic carbocycles. The largest absolute Gasteiger partial charge is 0.419 e. The zero-order chi connectivity index (χ0) is 27.1. The lowest BCUT2D eigenvalue weighted by molar-refractivity contribution is -0.141. The molecule has 2 unspecified atom stereocenters. The number of allylic oxidation sites excluding steroid dienone is 1. The van der Waals surface area contributed by atoms with Crippen LogP contribution < -0.4 is 0 Å². The predicted octanol–water partition coefficient (Wildman–Crippen LogP) is 10.7. The number of rotatable bonds is 10. The summed E-state index contributed by atoms with van der Waals surface area (Å²) in [7, 11) is 0. The van der Waals surface area contributed by atoms with Crippen LogP contribution in [0.25, 0.3) is 0 Å². The molecule has 0 amide bonds. The van der Waals surface area contributed by atoms with E-state index in [2.05, 4.69) is 13.5 Å². The van der Waals surface area contributed by atoms with Crippen LogP contribution in [0.3, 0.4) is 0 Å². The SMILES string of the molecule is C=CCCC1CCC(CCC2CCC(c3ccc(C4CCC(CCC)CC4)c(C(F)(F)F)c3F)CO2)CC1. The fraction of sp³-hybridized carbons (Fsp3) is 0.758. The first kappa shape index (κ1) is 29.6. The number of alkyl halides is 3. The first-order valence-corrected chi connectivity index (χ1v) is 15.4. The lowest BCUT2D eigenvalue weighted by Gasteiger charge is -2.33. The topological polar surface area (TPSA) is 9.23 Å². The number of ether oxygens (including phenoxy) is 1. The van der Waals surface area contributed by atoms with Crippen LogP contribution in [0.2, 0.25) is 0 Å². The third-order valence-corrected chi connectivity index (χ3v) is 9.92. The summed E-state index contributed by atoms with van der Waals surface area (Å²) >= 11 is 0. The van der Waals surface area contributed by atoms with Crippen molar-refractivity contribution in [1.29, 1.82) is 0 Å². The van der Waals surface area contributed by atoms with Crippen molar-refractivity contribution in [2.75, 3.05) is 6.61 Å². The minimum atomic E-state index is -4.68. The van der Waals surface area contributed by atoms with Crippen molar-refractivity contribution < 1.29 is 22.3 Å². The summed E-state index contributed by atoms with van der Waals surface area (Å²) in [5, 5.41) is 0. The van der Waals surface area contributed by atoms with Gasteiger partial charge in [0, 0.05) is 5.92 Å². The van der Waals surface area contributed by atoms with Crippen LogP contribution in [-0.4, -0.2) is 12.7 Å². The van der Waals surface area contributed by atoms with Crippen molar-refractivity contribution >= 4 is 0 Å². The van der Waals surface area contributed by atoms with Gasteiger partial charge in [-0.05, 0) is 99.0 Å². The standard InChI is InChI=1S/C33H48F4O/c1-3-5-7-24-8-10-25(11-9-24)14-18-28-19-17-27(22-38-28)30-21-20-29(31(32(30)34)33(35,36)37)26-15-12-23(6-4-2)13-16-26/h3,20-21,23-28H,1,4-19,22H2,2H3. The predicted molar refractivity (Wildman–Crippen MR) is 147 cm³/mol. The summed E-state index contributed by atoms with van der Waals surface area (Å²) in [4.78, 5) is 0. The van der Waals surface area contributed by atoms with E-state index < -0.39 is 17.6 Å². The molecule has 2 aliphatic carbocycles. The second kappa shape index (κ2) is 13.8. The summed E-state index contributed by atoms with van der Waals surface area (Å²) in [5.41, 5.74) is -0.653. The van der Waals surface area contributed by atoms with Gasteiger partial charge in [0.1, 0.15) is 5.82 Å². The van der Waals surface area contributed by atoms with E-state index in [4.69, 9.17) is 4.74 Å². The maximum atomic E-state index is 15.6. The fourth-order valence-electron chi connectivity index (χ4n) is 7.58. The highest BCUT2D eigenvalue weighted by Crippen LogP contribution is 2.46. The summed E-state index contributed by atoms with van der Waals surface area (Å²) in [6, 6.07) is 3.22. The highest BCUT2D eigenvalue weighted by Gasteiger charge is 2.41. The molecule has 3 fully saturated rings. The van der Waals surface area contributed by atoms with Crippen LogP contribution in [-0.2, 0) is 10.9 Å². The Morgan fingerprint density at radius 2 is 1.37 bits per heavy atom. The Bertz CT molecular complexity index is 870. The van der Waals surface area contributed by atoms with Crippen molar-refractivity contribution in [1.82, 2.24) is 0 Å². The molecule has 3 aliphatic rings. The van der Waals surface area contributed by atoms with Gasteiger partial charge in [-0.15, -0.1) is 6.58 Å². The average Bonchev–Trinajstić information content (AvgIpc) is 2.91. The molecule has 1 saturated heterocycles. The van der Waals surface area contributed by atoms with E-state index in [1.165, 1.54) is 32.1 Å². The molecule has 0 bridgehead atoms. The molecule has 38 heavy (non-hydrogen) atoms. The van der Waals surface area contributed by atoms with Gasteiger partial charge < -0.3 is 4.74 Å². The quantitative estimate of drug-likeness (QED) is 0.213. The van der Waals surface area contributed by atoms with Crippen LogP contribution in [0.5, 0.6) is 0 Å². The molecule has 1 nitrogen and oxygen atoms in total. The summed E-state index contributed by atoms with van der Waals surface area (Å²) in [5.74, 6) is 0.641. The molecule has 1 heterocycles. The lowest BCUT2D eigenvalue weighted by atomic mass is 9.75. The van der Waals surface area contributed by atoms with Crippen molar-refractivity contribution in [2.24, 2.45) is 17.8 Å². The zero-order valence-corrected chi connectivity index (χ0v) is 23.3. The molecule has 2 atom stereocenters. The Labute approximate surface area is 227 Å². The second-order valence-corrected chi connectivity index (χ2v) is 12.5. The highest BCUT2D eigenvalue weighted by molar-refractivity contribution is 5.40. The fourth-order valence-corrected chi connectivity index (χ4v) is 7.58. The van der Waals surface area contributed by atoms with E-state index in [9.17, 15) is 13.2 Å². The normalized spacial score (nSPS) is 30.8. The molecule has 214 valence electrons. The Kier molecular flexibility index (Phi) is 10.8. The van der Waals surface area contributed by atoms with E-state index in [0.29, 0.717) is 18.9 Å². The van der Waals surface area contributed by atoms with Gasteiger partial charge in [-0.1, -0.05) is 63.7 Å². The lowest BCUT2D eigenvalue weighted by Crippen LogP contribution is -2.27. The van der Waals surface area contributed by atoms with Gasteiger partial charge in [-0.3, -0.25) is 0 Å². The van der Waals surface area contributed by atoms with E-state index >= 15 is 4.39 Å². The molecule has 0 spiro atoms. The third-order valence-electron chi connectivity index (χ3n) is 9.92. The van der Waals surface area contributed by atoms with Gasteiger partial charge in [0.05, 0.1) is 18.3 Å². The van der Waals surface area contributed by atoms with E-state index in [-0.39, 0.29) is 29.1 Å². The second-order valence-electron chi connectivity index (χ2n) is 12.5. The van der Waals surface area contributed by atoms with E-state index in [0.717, 1.165) is 76.0 Å². The molecule has 4 rings (SSSR count). The molecule has 0 radical (unpaired) electrons. The van der Waals surface area contributed by atoms with E-state index in [1.807, 2.05) is 6.08 Å². The Morgan fingerprint density at radius 1 is 0.789 bits per heavy atom. The van der Waals surface area contributed by atoms with Crippen LogP contribution in [0.15, 0.2) is 24.8 Å². The minimum Gasteiger partial charge on any atom is -0.378 e. The maximum absolute atomic E-state index is 15.6. The molecule has 0 aromatic heterocycles. The van der Waals surface area contributed by atoms with Crippen LogP contribution in [0, 0.1) is 23.6 Å². The smallest absolute Gasteiger partial charge is 0.378 e. The molecule has 1 aliphatic heterocycles. The number of halogens is 4. The minimum absolute atomic E-state index is 0.146. The van der Waals surface area contributed by atoms with Crippen LogP contribution >= 0.6 is 0 Å². The highest BCUT2D eigenvalue weighted by atomic mass is 19.4. The van der Waals surface area contributed by atoms with E-state index in [1.54, 1.807) is 12.1 Å². The molecule has 2 saturated carbocycles. The van der Waals surface area contributed by atoms with Gasteiger partial charge in [0.25, 0.3) is 0 Å². The van der Waals surface area contributed by atoms with Gasteiger partial charge in [0.2, 0.25) is 0 Å². The van der Waals surface area contributed by atoms with Gasteiger partial charge >= 0.3 is 6.18 Å². The molecule has 0 N–H and O–H groups in total. The monoisotopic (exact) mass is 536 g/mol. The maximum Gasteiger partial charge on any atom is 0.419 e. The van der Waals surface area contributed by atoms with Crippen molar-refractivity contribution in [3.63, 3.8) is 0 Å². The number of hydrogen-bond acceptors (Lipinski definition) is 1. The summed E-state index contributed by atoms with van der Waals surface area (Å²) in [6.07, 6.45) is 14.2. The molecular formula is C33H48F4O. The van der Waals surface area contributed by atoms with Gasteiger partial charge in [0.15, 0.2) is 0 Å². The number of benzene rings is 1. The van der Waals surface area contributed by atoms with Crippen LogP contribution in [0.1, 0.15) is 138 Å². The van der Waals surface area contributed by atoms with Crippen LogP contribution in [0.4, 0.5) is 17.6 Å².